The van der Waals surface area contributed by atoms with Crippen molar-refractivity contribution in [1.82, 2.24) is 4.98 Å². The summed E-state index contributed by atoms with van der Waals surface area (Å²) in [6.07, 6.45) is 3.42. The Balaban J connectivity index is 3.20. The largest absolute Gasteiger partial charge is 0.249 e. The summed E-state index contributed by atoms with van der Waals surface area (Å²) in [5.74, 6) is 0.0468. The standard InChI is InChI=1S/C9H12FNS/c1-6(2)8-7(10)4-5-11-9(8)12-3/h4-6H,1-3H3. The molecule has 0 amide bonds. The number of nitrogens with zero attached hydrogens (tertiary/aromatic N) is 1. The fraction of sp³-hybridized carbons (Fsp3) is 0.444. The van der Waals surface area contributed by atoms with Crippen molar-refractivity contribution in [2.24, 2.45) is 0 Å². The fourth-order valence-electron chi connectivity index (χ4n) is 1.12. The summed E-state index contributed by atoms with van der Waals surface area (Å²) in [5, 5.41) is 0.796. The van der Waals surface area contributed by atoms with Crippen LogP contribution in [0.25, 0.3) is 0 Å². The molecule has 0 spiro atoms. The first-order valence-corrected chi connectivity index (χ1v) is 5.07. The van der Waals surface area contributed by atoms with E-state index in [1.54, 1.807) is 0 Å². The zero-order chi connectivity index (χ0) is 9.14. The van der Waals surface area contributed by atoms with E-state index >= 15 is 0 Å². The lowest BCUT2D eigenvalue weighted by Gasteiger charge is -2.09. The number of aromatic nitrogens is 1. The summed E-state index contributed by atoms with van der Waals surface area (Å²) in [7, 11) is 0. The van der Waals surface area contributed by atoms with Crippen LogP contribution in [0.2, 0.25) is 0 Å². The molecule has 0 aliphatic rings. The van der Waals surface area contributed by atoms with E-state index in [9.17, 15) is 4.39 Å². The lowest BCUT2D eigenvalue weighted by Crippen LogP contribution is -1.97. The summed E-state index contributed by atoms with van der Waals surface area (Å²) >= 11 is 1.49. The summed E-state index contributed by atoms with van der Waals surface area (Å²) in [5.41, 5.74) is 0.727. The van der Waals surface area contributed by atoms with Crippen LogP contribution in [0.5, 0.6) is 0 Å². The van der Waals surface area contributed by atoms with Crippen molar-refractivity contribution in [3.8, 4) is 0 Å². The SMILES string of the molecule is CSc1nccc(F)c1C(C)C. The molecule has 0 aliphatic carbocycles. The van der Waals surface area contributed by atoms with Crippen LogP contribution in [-0.2, 0) is 0 Å². The van der Waals surface area contributed by atoms with Crippen LogP contribution in [0.4, 0.5) is 4.39 Å². The monoisotopic (exact) mass is 185 g/mol. The van der Waals surface area contributed by atoms with E-state index in [0.717, 1.165) is 10.6 Å². The Morgan fingerprint density at radius 1 is 1.50 bits per heavy atom. The van der Waals surface area contributed by atoms with Gasteiger partial charge in [-0.1, -0.05) is 13.8 Å². The third-order valence-electron chi connectivity index (χ3n) is 1.67. The van der Waals surface area contributed by atoms with Crippen molar-refractivity contribution in [2.45, 2.75) is 24.8 Å². The van der Waals surface area contributed by atoms with Crippen LogP contribution in [0.15, 0.2) is 17.3 Å². The van der Waals surface area contributed by atoms with Gasteiger partial charge in [0, 0.05) is 11.8 Å². The van der Waals surface area contributed by atoms with Gasteiger partial charge >= 0.3 is 0 Å². The molecule has 0 atom stereocenters. The van der Waals surface area contributed by atoms with Crippen molar-refractivity contribution in [3.05, 3.63) is 23.6 Å². The molecule has 1 nitrogen and oxygen atoms in total. The molecule has 1 aromatic heterocycles. The third-order valence-corrected chi connectivity index (χ3v) is 2.38. The molecule has 0 fully saturated rings. The number of rotatable bonds is 2. The minimum Gasteiger partial charge on any atom is -0.249 e. The highest BCUT2D eigenvalue weighted by molar-refractivity contribution is 7.98. The maximum Gasteiger partial charge on any atom is 0.130 e. The highest BCUT2D eigenvalue weighted by Gasteiger charge is 2.11. The molecular weight excluding hydrogens is 173 g/mol. The van der Waals surface area contributed by atoms with Crippen LogP contribution < -0.4 is 0 Å². The first-order valence-electron chi connectivity index (χ1n) is 3.85. The maximum absolute atomic E-state index is 13.2. The zero-order valence-corrected chi connectivity index (χ0v) is 8.28. The Labute approximate surface area is 76.4 Å². The Kier molecular flexibility index (Phi) is 3.09. The van der Waals surface area contributed by atoms with Gasteiger partial charge in [-0.15, -0.1) is 11.8 Å². The highest BCUT2D eigenvalue weighted by Crippen LogP contribution is 2.26. The molecule has 0 saturated carbocycles. The molecule has 0 bridgehead atoms. The Morgan fingerprint density at radius 2 is 2.17 bits per heavy atom. The van der Waals surface area contributed by atoms with Crippen LogP contribution in [0.3, 0.4) is 0 Å². The highest BCUT2D eigenvalue weighted by atomic mass is 32.2. The van der Waals surface area contributed by atoms with Crippen molar-refractivity contribution >= 4 is 11.8 Å². The molecule has 1 rings (SSSR count). The minimum atomic E-state index is -0.149. The molecule has 3 heteroatoms. The van der Waals surface area contributed by atoms with Crippen molar-refractivity contribution in [1.29, 1.82) is 0 Å². The van der Waals surface area contributed by atoms with Gasteiger partial charge in [0.1, 0.15) is 10.8 Å². The van der Waals surface area contributed by atoms with Gasteiger partial charge in [-0.25, -0.2) is 9.37 Å². The normalized spacial score (nSPS) is 10.8. The van der Waals surface area contributed by atoms with E-state index in [1.165, 1.54) is 24.0 Å². The second kappa shape index (κ2) is 3.90. The predicted molar refractivity (Wildman–Crippen MR) is 50.1 cm³/mol. The summed E-state index contributed by atoms with van der Waals surface area (Å²) in [6, 6.07) is 1.41. The van der Waals surface area contributed by atoms with E-state index in [-0.39, 0.29) is 11.7 Å². The van der Waals surface area contributed by atoms with Crippen LogP contribution in [0, 0.1) is 5.82 Å². The summed E-state index contributed by atoms with van der Waals surface area (Å²) < 4.78 is 13.2. The van der Waals surface area contributed by atoms with Crippen LogP contribution >= 0.6 is 11.8 Å². The van der Waals surface area contributed by atoms with E-state index in [1.807, 2.05) is 20.1 Å². The van der Waals surface area contributed by atoms with Gasteiger partial charge in [0.25, 0.3) is 0 Å². The number of hydrogen-bond donors (Lipinski definition) is 0. The summed E-state index contributed by atoms with van der Waals surface area (Å²) in [4.78, 5) is 4.10. The zero-order valence-electron chi connectivity index (χ0n) is 7.47. The molecule has 66 valence electrons. The topological polar surface area (TPSA) is 12.9 Å². The predicted octanol–water partition coefficient (Wildman–Crippen LogP) is 3.07. The molecular formula is C9H12FNS. The van der Waals surface area contributed by atoms with Gasteiger partial charge in [0.15, 0.2) is 0 Å². The van der Waals surface area contributed by atoms with Gasteiger partial charge in [-0.2, -0.15) is 0 Å². The quantitative estimate of drug-likeness (QED) is 0.657. The minimum absolute atomic E-state index is 0.149. The Bertz CT molecular complexity index is 273. The van der Waals surface area contributed by atoms with E-state index in [4.69, 9.17) is 0 Å². The van der Waals surface area contributed by atoms with E-state index in [0.29, 0.717) is 0 Å². The lowest BCUT2D eigenvalue weighted by atomic mass is 10.1. The molecule has 0 radical (unpaired) electrons. The molecule has 1 heterocycles. The fourth-order valence-corrected chi connectivity index (χ4v) is 1.84. The third kappa shape index (κ3) is 1.78. The Morgan fingerprint density at radius 3 is 2.58 bits per heavy atom. The van der Waals surface area contributed by atoms with Crippen molar-refractivity contribution in [3.63, 3.8) is 0 Å². The van der Waals surface area contributed by atoms with E-state index in [2.05, 4.69) is 4.98 Å². The lowest BCUT2D eigenvalue weighted by molar-refractivity contribution is 0.584. The second-order valence-corrected chi connectivity index (χ2v) is 3.67. The van der Waals surface area contributed by atoms with Gasteiger partial charge in [0.05, 0.1) is 0 Å². The van der Waals surface area contributed by atoms with E-state index < -0.39 is 0 Å². The Hall–Kier alpha value is -0.570. The molecule has 0 saturated heterocycles. The average Bonchev–Trinajstić information content (AvgIpc) is 2.03. The smallest absolute Gasteiger partial charge is 0.130 e. The first-order chi connectivity index (χ1) is 5.66. The number of thioether (sulfide) groups is 1. The second-order valence-electron chi connectivity index (χ2n) is 2.87. The van der Waals surface area contributed by atoms with Crippen molar-refractivity contribution < 1.29 is 4.39 Å². The molecule has 0 N–H and O–H groups in total. The van der Waals surface area contributed by atoms with Gasteiger partial charge < -0.3 is 0 Å². The van der Waals surface area contributed by atoms with Crippen molar-refractivity contribution in [2.75, 3.05) is 6.26 Å². The number of hydrogen-bond acceptors (Lipinski definition) is 2. The molecule has 12 heavy (non-hydrogen) atoms. The number of pyridine rings is 1. The molecule has 0 aliphatic heterocycles. The van der Waals surface area contributed by atoms with Crippen LogP contribution in [0.1, 0.15) is 25.3 Å². The van der Waals surface area contributed by atoms with Gasteiger partial charge in [-0.05, 0) is 18.2 Å². The molecule has 0 unspecified atom stereocenters. The first kappa shape index (κ1) is 9.52. The van der Waals surface area contributed by atoms with Gasteiger partial charge in [-0.3, -0.25) is 0 Å². The number of halogens is 1. The van der Waals surface area contributed by atoms with Crippen LogP contribution in [-0.4, -0.2) is 11.2 Å². The molecule has 0 aromatic carbocycles. The van der Waals surface area contributed by atoms with Gasteiger partial charge in [0.2, 0.25) is 0 Å². The maximum atomic E-state index is 13.2. The summed E-state index contributed by atoms with van der Waals surface area (Å²) in [6.45, 7) is 3.94. The molecule has 1 aromatic rings. The average molecular weight is 185 g/mol.